The number of hydrogen-bond acceptors (Lipinski definition) is 11. The fraction of sp³-hybridized carbons (Fsp3) is 0.471. The van der Waals surface area contributed by atoms with Crippen LogP contribution in [-0.4, -0.2) is 86.6 Å². The summed E-state index contributed by atoms with van der Waals surface area (Å²) in [6, 6.07) is 21.7. The van der Waals surface area contributed by atoms with Gasteiger partial charge in [-0.05, 0) is 124 Å². The Hall–Kier alpha value is -5.64. The molecule has 3 atom stereocenters. The topological polar surface area (TPSA) is 181 Å². The Morgan fingerprint density at radius 3 is 2.39 bits per heavy atom. The molecule has 1 aliphatic heterocycles. The van der Waals surface area contributed by atoms with Crippen molar-refractivity contribution in [3.8, 4) is 16.2 Å². The lowest BCUT2D eigenvalue weighted by Crippen LogP contribution is -2.51. The van der Waals surface area contributed by atoms with E-state index in [4.69, 9.17) is 16.3 Å². The van der Waals surface area contributed by atoms with E-state index in [1.165, 1.54) is 6.92 Å². The lowest BCUT2D eigenvalue weighted by atomic mass is 9.87. The van der Waals surface area contributed by atoms with E-state index in [1.807, 2.05) is 74.3 Å². The van der Waals surface area contributed by atoms with Gasteiger partial charge in [0, 0.05) is 63.5 Å². The number of aromatic carboxylic acids is 1. The van der Waals surface area contributed by atoms with Crippen molar-refractivity contribution < 1.29 is 33.8 Å². The highest BCUT2D eigenvalue weighted by Crippen LogP contribution is 2.46. The molecular formula is C51H68ClN7O7S. The molecule has 0 radical (unpaired) electrons. The summed E-state index contributed by atoms with van der Waals surface area (Å²) >= 11 is 7.79. The third-order valence-corrected chi connectivity index (χ3v) is 13.4. The molecule has 1 aliphatic rings. The number of halogens is 1. The van der Waals surface area contributed by atoms with Gasteiger partial charge in [-0.3, -0.25) is 24.5 Å². The van der Waals surface area contributed by atoms with Crippen molar-refractivity contribution in [1.82, 2.24) is 16.0 Å². The number of carbonyl (C=O) groups is 5. The van der Waals surface area contributed by atoms with Crippen LogP contribution in [0.3, 0.4) is 0 Å². The van der Waals surface area contributed by atoms with Crippen molar-refractivity contribution in [1.29, 1.82) is 0 Å². The van der Waals surface area contributed by atoms with Gasteiger partial charge in [0.25, 0.3) is 0 Å². The molecule has 67 heavy (non-hydrogen) atoms. The van der Waals surface area contributed by atoms with E-state index in [-0.39, 0.29) is 58.2 Å². The highest BCUT2D eigenvalue weighted by molar-refractivity contribution is 7.18. The minimum Gasteiger partial charge on any atom is -0.490 e. The minimum atomic E-state index is -1.07. The Labute approximate surface area is 404 Å². The zero-order valence-corrected chi connectivity index (χ0v) is 41.7. The van der Waals surface area contributed by atoms with Crippen LogP contribution in [0, 0.1) is 5.41 Å². The predicted octanol–water partition coefficient (Wildman–Crippen LogP) is 9.29. The Morgan fingerprint density at radius 1 is 0.985 bits per heavy atom. The van der Waals surface area contributed by atoms with Crippen LogP contribution < -0.4 is 41.1 Å². The van der Waals surface area contributed by atoms with Gasteiger partial charge in [0.05, 0.1) is 22.9 Å². The number of carboxylic acid groups (broad SMARTS) is 1. The fourth-order valence-corrected chi connectivity index (χ4v) is 9.91. The molecule has 5 rings (SSSR count). The number of nitrogens with zero attached hydrogens (tertiary/aromatic N) is 2. The highest BCUT2D eigenvalue weighted by atomic mass is 35.5. The van der Waals surface area contributed by atoms with Crippen molar-refractivity contribution in [2.75, 3.05) is 53.7 Å². The van der Waals surface area contributed by atoms with E-state index in [0.29, 0.717) is 60.4 Å². The zero-order chi connectivity index (χ0) is 48.8. The fourth-order valence-electron chi connectivity index (χ4n) is 8.51. The molecule has 14 nitrogen and oxygen atoms in total. The van der Waals surface area contributed by atoms with Crippen LogP contribution in [0.4, 0.5) is 22.7 Å². The van der Waals surface area contributed by atoms with Gasteiger partial charge < -0.3 is 40.9 Å². The van der Waals surface area contributed by atoms with Gasteiger partial charge in [-0.25, -0.2) is 4.79 Å². The summed E-state index contributed by atoms with van der Waals surface area (Å²) in [7, 11) is 1.82. The second-order valence-corrected chi connectivity index (χ2v) is 20.0. The summed E-state index contributed by atoms with van der Waals surface area (Å²) in [6.45, 7) is 16.8. The van der Waals surface area contributed by atoms with Gasteiger partial charge in [-0.1, -0.05) is 62.7 Å². The second kappa shape index (κ2) is 24.4. The molecule has 1 aromatic heterocycles. The number of benzene rings is 3. The van der Waals surface area contributed by atoms with E-state index >= 15 is 0 Å². The average molecular weight is 959 g/mol. The standard InChI is InChI=1S/C51H68ClN7O7S/c1-9-66-46-45(52)47(67-48(46)50(64)65)37-13-11-15-39(27-37)56-40(29-51(5,6)7)22-23-53-30-34-12-10-14-38(26-34)55-25-21-35(20-24-54-33(4)61)36-16-17-41(43(28-36)59(31-60)32(2)3)58(8)42-18-19-44(62)57-49(42)63/h10-17,26-28,31-32,35,40,42,53,55-56H,9,18-25,29-30H2,1-8H3,(H,54,61)(H,64,65)(H,57,62,63). The molecule has 4 aromatic rings. The number of nitrogens with one attached hydrogen (secondary N) is 5. The largest absolute Gasteiger partial charge is 0.490 e. The summed E-state index contributed by atoms with van der Waals surface area (Å²) in [4.78, 5) is 65.4. The molecule has 6 N–H and O–H groups in total. The molecule has 3 unspecified atom stereocenters. The number of carboxylic acids is 1. The lowest BCUT2D eigenvalue weighted by molar-refractivity contribution is -0.134. The van der Waals surface area contributed by atoms with E-state index in [9.17, 15) is 29.1 Å². The number of likely N-dealkylation sites (N-methyl/N-ethyl adjacent to an activating group) is 1. The number of piperidine rings is 1. The first-order chi connectivity index (χ1) is 31.9. The molecular weight excluding hydrogens is 890 g/mol. The van der Waals surface area contributed by atoms with Crippen LogP contribution in [-0.2, 0) is 25.7 Å². The Balaban J connectivity index is 1.23. The van der Waals surface area contributed by atoms with Gasteiger partial charge in [0.1, 0.15) is 11.1 Å². The Morgan fingerprint density at radius 2 is 1.72 bits per heavy atom. The number of imide groups is 1. The zero-order valence-electron chi connectivity index (χ0n) is 40.1. The molecule has 1 saturated heterocycles. The summed E-state index contributed by atoms with van der Waals surface area (Å²) in [5.74, 6) is -1.57. The number of ether oxygens (including phenoxy) is 1. The molecule has 16 heteroatoms. The van der Waals surface area contributed by atoms with Gasteiger partial charge in [-0.15, -0.1) is 11.3 Å². The summed E-state index contributed by atoms with van der Waals surface area (Å²) < 4.78 is 5.61. The highest BCUT2D eigenvalue weighted by Gasteiger charge is 2.32. The van der Waals surface area contributed by atoms with Gasteiger partial charge in [0.15, 0.2) is 10.6 Å². The Kier molecular flexibility index (Phi) is 19.1. The van der Waals surface area contributed by atoms with Gasteiger partial charge in [0.2, 0.25) is 24.1 Å². The molecule has 2 heterocycles. The van der Waals surface area contributed by atoms with Crippen molar-refractivity contribution >= 4 is 75.8 Å². The first-order valence-electron chi connectivity index (χ1n) is 23.2. The van der Waals surface area contributed by atoms with Crippen molar-refractivity contribution in [3.05, 3.63) is 87.8 Å². The van der Waals surface area contributed by atoms with E-state index < -0.39 is 12.0 Å². The SMILES string of the molecule is CCOc1c(C(=O)O)sc(-c2cccc(NC(CCNCc3cccc(NCCC(CCNC(C)=O)c4ccc(N(C)C5CCC(=O)NC5=O)c(N(C=O)C(C)C)c4)c3)CC(C)(C)C)c2)c1Cl. The molecule has 1 fully saturated rings. The van der Waals surface area contributed by atoms with Crippen LogP contribution in [0.25, 0.3) is 10.4 Å². The van der Waals surface area contributed by atoms with Crippen molar-refractivity contribution in [2.24, 2.45) is 5.41 Å². The average Bonchev–Trinajstić information content (AvgIpc) is 3.59. The molecule has 3 aromatic carbocycles. The molecule has 362 valence electrons. The number of carbonyl (C=O) groups excluding carboxylic acids is 4. The summed E-state index contributed by atoms with van der Waals surface area (Å²) in [5, 5.41) is 26.5. The normalized spacial score (nSPS) is 14.8. The molecule has 4 amide bonds. The smallest absolute Gasteiger partial charge is 0.349 e. The quantitative estimate of drug-likeness (QED) is 0.0212. The number of anilines is 4. The summed E-state index contributed by atoms with van der Waals surface area (Å²) in [6.07, 6.45) is 4.66. The molecule has 0 spiro atoms. The number of thiophene rings is 1. The van der Waals surface area contributed by atoms with E-state index in [0.717, 1.165) is 71.6 Å². The van der Waals surface area contributed by atoms with E-state index in [1.54, 1.807) is 11.8 Å². The maximum absolute atomic E-state index is 12.9. The van der Waals surface area contributed by atoms with Crippen LogP contribution >= 0.6 is 22.9 Å². The number of amides is 4. The lowest BCUT2D eigenvalue weighted by Gasteiger charge is -2.35. The maximum atomic E-state index is 12.9. The van der Waals surface area contributed by atoms with Crippen LogP contribution in [0.15, 0.2) is 66.7 Å². The Bertz CT molecular complexity index is 2350. The van der Waals surface area contributed by atoms with Crippen LogP contribution in [0.1, 0.15) is 114 Å². The predicted molar refractivity (Wildman–Crippen MR) is 271 cm³/mol. The minimum absolute atomic E-state index is 0.0298. The third kappa shape index (κ3) is 14.9. The van der Waals surface area contributed by atoms with Crippen LogP contribution in [0.5, 0.6) is 5.75 Å². The monoisotopic (exact) mass is 957 g/mol. The third-order valence-electron chi connectivity index (χ3n) is 11.7. The first kappa shape index (κ1) is 52.3. The van der Waals surface area contributed by atoms with Gasteiger partial charge >= 0.3 is 5.97 Å². The molecule has 0 aliphatic carbocycles. The first-order valence-corrected chi connectivity index (χ1v) is 24.4. The number of hydrogen-bond donors (Lipinski definition) is 6. The van der Waals surface area contributed by atoms with Crippen LogP contribution in [0.2, 0.25) is 5.02 Å². The number of rotatable bonds is 25. The maximum Gasteiger partial charge on any atom is 0.349 e. The van der Waals surface area contributed by atoms with Crippen molar-refractivity contribution in [3.63, 3.8) is 0 Å². The second-order valence-electron chi connectivity index (χ2n) is 18.6. The van der Waals surface area contributed by atoms with Gasteiger partial charge in [-0.2, -0.15) is 0 Å². The van der Waals surface area contributed by atoms with E-state index in [2.05, 4.69) is 65.6 Å². The molecule has 0 bridgehead atoms. The summed E-state index contributed by atoms with van der Waals surface area (Å²) in [5.41, 5.74) is 6.36. The molecule has 0 saturated carbocycles. The van der Waals surface area contributed by atoms with Crippen molar-refractivity contribution in [2.45, 2.75) is 118 Å².